The van der Waals surface area contributed by atoms with Gasteiger partial charge in [-0.2, -0.15) is 0 Å². The van der Waals surface area contributed by atoms with Crippen molar-refractivity contribution in [1.82, 2.24) is 5.32 Å². The molecule has 0 aliphatic carbocycles. The highest BCUT2D eigenvalue weighted by Gasteiger charge is 2.20. The molecule has 0 unspecified atom stereocenters. The van der Waals surface area contributed by atoms with Gasteiger partial charge in [0.05, 0.1) is 0 Å². The Labute approximate surface area is 107 Å². The molecule has 1 aliphatic heterocycles. The average Bonchev–Trinajstić information content (AvgIpc) is 2.35. The van der Waals surface area contributed by atoms with Gasteiger partial charge in [-0.05, 0) is 32.0 Å². The molecule has 1 aliphatic rings. The summed E-state index contributed by atoms with van der Waals surface area (Å²) in [7, 11) is 1.94. The minimum absolute atomic E-state index is 0.600. The lowest BCUT2D eigenvalue weighted by atomic mass is 10.00. The zero-order valence-corrected chi connectivity index (χ0v) is 11.1. The highest BCUT2D eigenvalue weighted by atomic mass is 35.5. The first-order valence-corrected chi connectivity index (χ1v) is 6.40. The van der Waals surface area contributed by atoms with Crippen LogP contribution in [0.15, 0.2) is 6.07 Å². The smallest absolute Gasteiger partial charge is 0.164 e. The highest BCUT2D eigenvalue weighted by molar-refractivity contribution is 6.31. The molecule has 3 nitrogen and oxygen atoms in total. The summed E-state index contributed by atoms with van der Waals surface area (Å²) >= 11 is 6.32. The monoisotopic (exact) mass is 255 g/mol. The van der Waals surface area contributed by atoms with E-state index in [1.165, 1.54) is 11.1 Å². The second kappa shape index (κ2) is 5.61. The largest absolute Gasteiger partial charge is 0.486 e. The first-order valence-electron chi connectivity index (χ1n) is 6.02. The van der Waals surface area contributed by atoms with Crippen molar-refractivity contribution in [3.05, 3.63) is 22.2 Å². The van der Waals surface area contributed by atoms with Crippen LogP contribution in [0.2, 0.25) is 5.02 Å². The Balaban J connectivity index is 2.43. The maximum absolute atomic E-state index is 6.32. The third-order valence-corrected chi connectivity index (χ3v) is 3.31. The maximum Gasteiger partial charge on any atom is 0.164 e. The Morgan fingerprint density at radius 3 is 2.76 bits per heavy atom. The van der Waals surface area contributed by atoms with E-state index in [2.05, 4.69) is 12.2 Å². The van der Waals surface area contributed by atoms with Crippen LogP contribution in [-0.4, -0.2) is 26.8 Å². The van der Waals surface area contributed by atoms with Crippen LogP contribution in [0.4, 0.5) is 0 Å². The summed E-state index contributed by atoms with van der Waals surface area (Å²) in [5.74, 6) is 1.67. The van der Waals surface area contributed by atoms with Crippen LogP contribution in [-0.2, 0) is 12.8 Å². The normalized spacial score (nSPS) is 13.8. The summed E-state index contributed by atoms with van der Waals surface area (Å²) < 4.78 is 11.3. The van der Waals surface area contributed by atoms with Gasteiger partial charge in [-0.1, -0.05) is 18.5 Å². The van der Waals surface area contributed by atoms with Crippen molar-refractivity contribution in [3.8, 4) is 11.5 Å². The van der Waals surface area contributed by atoms with Gasteiger partial charge < -0.3 is 14.8 Å². The highest BCUT2D eigenvalue weighted by Crippen LogP contribution is 2.40. The van der Waals surface area contributed by atoms with Gasteiger partial charge in [0.15, 0.2) is 11.5 Å². The molecule has 0 spiro atoms. The van der Waals surface area contributed by atoms with E-state index in [4.69, 9.17) is 21.1 Å². The molecule has 0 bridgehead atoms. The molecule has 0 atom stereocenters. The molecule has 1 N–H and O–H groups in total. The SMILES string of the molecule is CCc1c(CCNC)c(Cl)cc2c1OCCO2. The molecule has 1 aromatic rings. The first kappa shape index (κ1) is 12.5. The number of ether oxygens (including phenoxy) is 2. The first-order chi connectivity index (χ1) is 8.27. The number of likely N-dealkylation sites (N-methyl/N-ethyl adjacent to an activating group) is 1. The summed E-state index contributed by atoms with van der Waals surface area (Å²) in [6.45, 7) is 4.24. The third kappa shape index (κ3) is 2.50. The molecule has 0 saturated carbocycles. The van der Waals surface area contributed by atoms with Crippen molar-refractivity contribution in [2.45, 2.75) is 19.8 Å². The predicted molar refractivity (Wildman–Crippen MR) is 69.5 cm³/mol. The van der Waals surface area contributed by atoms with Crippen LogP contribution in [0, 0.1) is 0 Å². The number of rotatable bonds is 4. The Morgan fingerprint density at radius 1 is 1.29 bits per heavy atom. The van der Waals surface area contributed by atoms with E-state index in [1.807, 2.05) is 13.1 Å². The second-order valence-electron chi connectivity index (χ2n) is 4.05. The van der Waals surface area contributed by atoms with Crippen molar-refractivity contribution >= 4 is 11.6 Å². The maximum atomic E-state index is 6.32. The average molecular weight is 256 g/mol. The van der Waals surface area contributed by atoms with Crippen molar-refractivity contribution in [2.75, 3.05) is 26.8 Å². The summed E-state index contributed by atoms with van der Waals surface area (Å²) in [4.78, 5) is 0. The fourth-order valence-corrected chi connectivity index (χ4v) is 2.46. The minimum atomic E-state index is 0.600. The quantitative estimate of drug-likeness (QED) is 0.897. The zero-order valence-electron chi connectivity index (χ0n) is 10.3. The lowest BCUT2D eigenvalue weighted by molar-refractivity contribution is 0.170. The van der Waals surface area contributed by atoms with E-state index in [0.29, 0.717) is 13.2 Å². The predicted octanol–water partition coefficient (Wildman–Crippen LogP) is 2.44. The van der Waals surface area contributed by atoms with E-state index in [0.717, 1.165) is 35.9 Å². The minimum Gasteiger partial charge on any atom is -0.486 e. The number of nitrogens with one attached hydrogen (secondary N) is 1. The van der Waals surface area contributed by atoms with Gasteiger partial charge >= 0.3 is 0 Å². The number of halogens is 1. The topological polar surface area (TPSA) is 30.5 Å². The molecular weight excluding hydrogens is 238 g/mol. The fraction of sp³-hybridized carbons (Fsp3) is 0.538. The van der Waals surface area contributed by atoms with Gasteiger partial charge in [0.2, 0.25) is 0 Å². The number of benzene rings is 1. The van der Waals surface area contributed by atoms with Crippen LogP contribution < -0.4 is 14.8 Å². The summed E-state index contributed by atoms with van der Waals surface area (Å²) in [5, 5.41) is 3.92. The Hall–Kier alpha value is -0.930. The zero-order chi connectivity index (χ0) is 12.3. The van der Waals surface area contributed by atoms with Crippen LogP contribution >= 0.6 is 11.6 Å². The van der Waals surface area contributed by atoms with Crippen molar-refractivity contribution in [1.29, 1.82) is 0 Å². The molecule has 0 amide bonds. The fourth-order valence-electron chi connectivity index (χ4n) is 2.15. The molecular formula is C13H18ClNO2. The molecule has 0 aromatic heterocycles. The van der Waals surface area contributed by atoms with Gasteiger partial charge in [-0.15, -0.1) is 0 Å². The standard InChI is InChI=1S/C13H18ClNO2/c1-3-9-10(4-5-15-2)11(14)8-12-13(9)17-7-6-16-12/h8,15H,3-7H2,1-2H3. The third-order valence-electron chi connectivity index (χ3n) is 2.97. The van der Waals surface area contributed by atoms with Crippen molar-refractivity contribution < 1.29 is 9.47 Å². The molecule has 0 saturated heterocycles. The summed E-state index contributed by atoms with van der Waals surface area (Å²) in [6, 6.07) is 1.88. The van der Waals surface area contributed by atoms with Crippen LogP contribution in [0.3, 0.4) is 0 Å². The van der Waals surface area contributed by atoms with E-state index in [9.17, 15) is 0 Å². The number of hydrogen-bond donors (Lipinski definition) is 1. The molecule has 0 radical (unpaired) electrons. The number of fused-ring (bicyclic) bond motifs is 1. The van der Waals surface area contributed by atoms with Gasteiger partial charge in [0.1, 0.15) is 13.2 Å². The molecule has 1 heterocycles. The van der Waals surface area contributed by atoms with Gasteiger partial charge in [0, 0.05) is 16.7 Å². The lowest BCUT2D eigenvalue weighted by Crippen LogP contribution is -2.18. The van der Waals surface area contributed by atoms with Gasteiger partial charge in [0.25, 0.3) is 0 Å². The Bertz CT molecular complexity index is 407. The molecule has 94 valence electrons. The number of hydrogen-bond acceptors (Lipinski definition) is 3. The summed E-state index contributed by atoms with van der Waals surface area (Å²) in [6.07, 6.45) is 1.82. The van der Waals surface area contributed by atoms with Crippen molar-refractivity contribution in [2.24, 2.45) is 0 Å². The van der Waals surface area contributed by atoms with Gasteiger partial charge in [-0.25, -0.2) is 0 Å². The summed E-state index contributed by atoms with van der Waals surface area (Å²) in [5.41, 5.74) is 2.36. The lowest BCUT2D eigenvalue weighted by Gasteiger charge is -2.23. The van der Waals surface area contributed by atoms with Crippen molar-refractivity contribution in [3.63, 3.8) is 0 Å². The van der Waals surface area contributed by atoms with Gasteiger partial charge in [-0.3, -0.25) is 0 Å². The van der Waals surface area contributed by atoms with E-state index in [1.54, 1.807) is 0 Å². The molecule has 17 heavy (non-hydrogen) atoms. The second-order valence-corrected chi connectivity index (χ2v) is 4.45. The van der Waals surface area contributed by atoms with E-state index >= 15 is 0 Å². The van der Waals surface area contributed by atoms with E-state index < -0.39 is 0 Å². The van der Waals surface area contributed by atoms with Crippen LogP contribution in [0.25, 0.3) is 0 Å². The Kier molecular flexibility index (Phi) is 4.13. The van der Waals surface area contributed by atoms with E-state index in [-0.39, 0.29) is 0 Å². The molecule has 4 heteroatoms. The molecule has 2 rings (SSSR count). The molecule has 0 fully saturated rings. The Morgan fingerprint density at radius 2 is 2.06 bits per heavy atom. The molecule has 1 aromatic carbocycles. The van der Waals surface area contributed by atoms with Crippen LogP contribution in [0.1, 0.15) is 18.1 Å². The van der Waals surface area contributed by atoms with Crippen LogP contribution in [0.5, 0.6) is 11.5 Å².